The van der Waals surface area contributed by atoms with Gasteiger partial charge in [0, 0.05) is 23.8 Å². The monoisotopic (exact) mass is 247 g/mol. The molecule has 1 aliphatic rings. The molecule has 0 aromatic heterocycles. The lowest BCUT2D eigenvalue weighted by Crippen LogP contribution is -2.24. The number of benzene rings is 1. The van der Waals surface area contributed by atoms with Gasteiger partial charge in [-0.1, -0.05) is 0 Å². The minimum absolute atomic E-state index is 0.366. The lowest BCUT2D eigenvalue weighted by atomic mass is 10.1. The molecule has 4 heteroatoms. The number of aryl methyl sites for hydroxylation is 1. The second kappa shape index (κ2) is 5.87. The molecule has 2 rings (SSSR count). The average Bonchev–Trinajstić information content (AvgIpc) is 2.81. The fourth-order valence-corrected chi connectivity index (χ4v) is 2.44. The summed E-state index contributed by atoms with van der Waals surface area (Å²) < 4.78 is 0. The highest BCUT2D eigenvalue weighted by atomic mass is 16.1. The largest absolute Gasteiger partial charge is 0.385 e. The van der Waals surface area contributed by atoms with Crippen LogP contribution in [-0.2, 0) is 0 Å². The van der Waals surface area contributed by atoms with Crippen LogP contribution in [0.3, 0.4) is 0 Å². The van der Waals surface area contributed by atoms with E-state index in [9.17, 15) is 4.79 Å². The van der Waals surface area contributed by atoms with Gasteiger partial charge in [-0.15, -0.1) is 0 Å². The molecular formula is C14H21N3O. The summed E-state index contributed by atoms with van der Waals surface area (Å²) in [7, 11) is 0. The fraction of sp³-hybridized carbons (Fsp3) is 0.500. The van der Waals surface area contributed by atoms with Crippen molar-refractivity contribution in [1.29, 1.82) is 0 Å². The molecule has 0 aliphatic carbocycles. The third-order valence-corrected chi connectivity index (χ3v) is 3.48. The molecule has 4 nitrogen and oxygen atoms in total. The molecule has 0 radical (unpaired) electrons. The summed E-state index contributed by atoms with van der Waals surface area (Å²) in [5.74, 6) is -0.366. The van der Waals surface area contributed by atoms with Crippen LogP contribution < -0.4 is 16.4 Å². The lowest BCUT2D eigenvalue weighted by Gasteiger charge is -2.12. The summed E-state index contributed by atoms with van der Waals surface area (Å²) in [5, 5.41) is 6.86. The third-order valence-electron chi connectivity index (χ3n) is 3.48. The van der Waals surface area contributed by atoms with Gasteiger partial charge in [-0.05, 0) is 56.5 Å². The van der Waals surface area contributed by atoms with E-state index < -0.39 is 0 Å². The van der Waals surface area contributed by atoms with Gasteiger partial charge >= 0.3 is 0 Å². The van der Waals surface area contributed by atoms with E-state index in [1.165, 1.54) is 12.8 Å². The Hall–Kier alpha value is -1.55. The predicted octanol–water partition coefficient (Wildman–Crippen LogP) is 1.65. The summed E-state index contributed by atoms with van der Waals surface area (Å²) in [4.78, 5) is 11.1. The molecule has 1 aromatic rings. The number of nitrogens with two attached hydrogens (primary N) is 1. The minimum Gasteiger partial charge on any atom is -0.385 e. The van der Waals surface area contributed by atoms with Gasteiger partial charge in [0.25, 0.3) is 0 Å². The Morgan fingerprint density at radius 1 is 1.56 bits per heavy atom. The molecule has 0 spiro atoms. The maximum Gasteiger partial charge on any atom is 0.248 e. The number of primary amides is 1. The first-order valence-corrected chi connectivity index (χ1v) is 6.54. The van der Waals surface area contributed by atoms with Gasteiger partial charge < -0.3 is 16.4 Å². The number of anilines is 1. The van der Waals surface area contributed by atoms with Gasteiger partial charge in [-0.2, -0.15) is 0 Å². The van der Waals surface area contributed by atoms with Crippen LogP contribution in [0.1, 0.15) is 35.2 Å². The van der Waals surface area contributed by atoms with Crippen molar-refractivity contribution in [2.75, 3.05) is 18.4 Å². The number of hydrogen-bond acceptors (Lipinski definition) is 3. The molecule has 4 N–H and O–H groups in total. The summed E-state index contributed by atoms with van der Waals surface area (Å²) in [5.41, 5.74) is 7.85. The zero-order valence-electron chi connectivity index (χ0n) is 10.8. The van der Waals surface area contributed by atoms with Crippen LogP contribution in [0.2, 0.25) is 0 Å². The van der Waals surface area contributed by atoms with Gasteiger partial charge in [0.15, 0.2) is 0 Å². The number of carbonyl (C=O) groups is 1. The molecular weight excluding hydrogens is 226 g/mol. The van der Waals surface area contributed by atoms with E-state index in [0.717, 1.165) is 30.8 Å². The van der Waals surface area contributed by atoms with E-state index in [1.54, 1.807) is 6.07 Å². The SMILES string of the molecule is Cc1cc(NCCC2CCCN2)ccc1C(N)=O. The van der Waals surface area contributed by atoms with Crippen molar-refractivity contribution in [1.82, 2.24) is 5.32 Å². The topological polar surface area (TPSA) is 67.2 Å². The molecule has 1 aliphatic heterocycles. The van der Waals surface area contributed by atoms with Gasteiger partial charge in [0.05, 0.1) is 0 Å². The molecule has 1 atom stereocenters. The van der Waals surface area contributed by atoms with Crippen molar-refractivity contribution in [2.24, 2.45) is 5.73 Å². The van der Waals surface area contributed by atoms with Crippen molar-refractivity contribution >= 4 is 11.6 Å². The normalized spacial score (nSPS) is 18.8. The first-order chi connectivity index (χ1) is 8.66. The number of nitrogens with one attached hydrogen (secondary N) is 2. The van der Waals surface area contributed by atoms with Crippen LogP contribution in [0.25, 0.3) is 0 Å². The molecule has 1 aromatic carbocycles. The molecule has 1 heterocycles. The van der Waals surface area contributed by atoms with Gasteiger partial charge in [-0.25, -0.2) is 0 Å². The summed E-state index contributed by atoms with van der Waals surface area (Å²) in [6.07, 6.45) is 3.70. The summed E-state index contributed by atoms with van der Waals surface area (Å²) >= 11 is 0. The molecule has 98 valence electrons. The molecule has 0 bridgehead atoms. The summed E-state index contributed by atoms with van der Waals surface area (Å²) in [6.45, 7) is 4.01. The van der Waals surface area contributed by atoms with E-state index in [1.807, 2.05) is 19.1 Å². The van der Waals surface area contributed by atoms with Crippen molar-refractivity contribution in [3.63, 3.8) is 0 Å². The second-order valence-corrected chi connectivity index (χ2v) is 4.90. The van der Waals surface area contributed by atoms with Crippen molar-refractivity contribution in [3.05, 3.63) is 29.3 Å². The molecule has 1 fully saturated rings. The molecule has 0 saturated carbocycles. The van der Waals surface area contributed by atoms with Gasteiger partial charge in [0.1, 0.15) is 0 Å². The zero-order valence-corrected chi connectivity index (χ0v) is 10.8. The van der Waals surface area contributed by atoms with Gasteiger partial charge in [0.2, 0.25) is 5.91 Å². The Labute approximate surface area is 108 Å². The number of amides is 1. The maximum atomic E-state index is 11.1. The fourth-order valence-electron chi connectivity index (χ4n) is 2.44. The van der Waals surface area contributed by atoms with Crippen molar-refractivity contribution in [3.8, 4) is 0 Å². The zero-order chi connectivity index (χ0) is 13.0. The van der Waals surface area contributed by atoms with Crippen LogP contribution in [0, 0.1) is 6.92 Å². The molecule has 1 unspecified atom stereocenters. The highest BCUT2D eigenvalue weighted by Gasteiger charge is 2.13. The van der Waals surface area contributed by atoms with Crippen LogP contribution in [-0.4, -0.2) is 25.0 Å². The highest BCUT2D eigenvalue weighted by Crippen LogP contribution is 2.15. The van der Waals surface area contributed by atoms with Crippen LogP contribution >= 0.6 is 0 Å². The van der Waals surface area contributed by atoms with Crippen LogP contribution in [0.5, 0.6) is 0 Å². The van der Waals surface area contributed by atoms with E-state index in [2.05, 4.69) is 10.6 Å². The van der Waals surface area contributed by atoms with Crippen LogP contribution in [0.4, 0.5) is 5.69 Å². The lowest BCUT2D eigenvalue weighted by molar-refractivity contribution is 0.1000. The Morgan fingerprint density at radius 2 is 2.39 bits per heavy atom. The summed E-state index contributed by atoms with van der Waals surface area (Å²) in [6, 6.07) is 6.33. The first-order valence-electron chi connectivity index (χ1n) is 6.54. The number of carbonyl (C=O) groups excluding carboxylic acids is 1. The van der Waals surface area contributed by atoms with E-state index in [0.29, 0.717) is 11.6 Å². The Kier molecular flexibility index (Phi) is 4.20. The van der Waals surface area contributed by atoms with Crippen LogP contribution in [0.15, 0.2) is 18.2 Å². The van der Waals surface area contributed by atoms with Crippen molar-refractivity contribution < 1.29 is 4.79 Å². The average molecular weight is 247 g/mol. The quantitative estimate of drug-likeness (QED) is 0.741. The molecule has 1 amide bonds. The highest BCUT2D eigenvalue weighted by molar-refractivity contribution is 5.94. The Balaban J connectivity index is 1.85. The molecule has 18 heavy (non-hydrogen) atoms. The number of hydrogen-bond donors (Lipinski definition) is 3. The number of rotatable bonds is 5. The van der Waals surface area contributed by atoms with Crippen molar-refractivity contribution in [2.45, 2.75) is 32.2 Å². The first kappa shape index (κ1) is 12.9. The predicted molar refractivity (Wildman–Crippen MR) is 73.8 cm³/mol. The van der Waals surface area contributed by atoms with E-state index in [4.69, 9.17) is 5.73 Å². The smallest absolute Gasteiger partial charge is 0.248 e. The van der Waals surface area contributed by atoms with E-state index in [-0.39, 0.29) is 5.91 Å². The Bertz CT molecular complexity index is 425. The maximum absolute atomic E-state index is 11.1. The minimum atomic E-state index is -0.366. The second-order valence-electron chi connectivity index (χ2n) is 4.90. The third kappa shape index (κ3) is 3.23. The van der Waals surface area contributed by atoms with E-state index >= 15 is 0 Å². The Morgan fingerprint density at radius 3 is 3.00 bits per heavy atom. The van der Waals surface area contributed by atoms with Gasteiger partial charge in [-0.3, -0.25) is 4.79 Å². The standard InChI is InChI=1S/C14H21N3O/c1-10-9-12(4-5-13(10)14(15)18)17-8-6-11-3-2-7-16-11/h4-5,9,11,16-17H,2-3,6-8H2,1H3,(H2,15,18). The molecule has 1 saturated heterocycles.